The Labute approximate surface area is 125 Å². The van der Waals surface area contributed by atoms with E-state index in [1.54, 1.807) is 4.91 Å². The number of amides is 2. The molecule has 1 aliphatic heterocycles. The van der Waals surface area contributed by atoms with Crippen LogP contribution in [0, 0.1) is 29.1 Å². The topological polar surface area (TPSA) is 106 Å². The van der Waals surface area contributed by atoms with Crippen LogP contribution in [0.15, 0.2) is 5.11 Å². The normalized spacial score (nSPS) is 22.8. The second-order valence-corrected chi connectivity index (χ2v) is 4.34. The van der Waals surface area contributed by atoms with Gasteiger partial charge in [-0.2, -0.15) is 8.78 Å². The van der Waals surface area contributed by atoms with Crippen LogP contribution in [0.4, 0.5) is 30.7 Å². The number of carbonyl (C=O) groups excluding carboxylic acids is 2. The summed E-state index contributed by atoms with van der Waals surface area (Å²) in [6.45, 7) is 0. The SMILES string of the molecule is [N-]=[N+]=NC1(c2c(F)c(F)c(F)c(F)c2F)C(=O)N(O)C(=O)C1(F)F. The molecule has 2 amide bonds. The Morgan fingerprint density at radius 3 is 1.67 bits per heavy atom. The first-order valence-electron chi connectivity index (χ1n) is 5.50. The van der Waals surface area contributed by atoms with Crippen molar-refractivity contribution in [1.82, 2.24) is 5.06 Å². The zero-order valence-electron chi connectivity index (χ0n) is 10.7. The molecule has 1 aromatic carbocycles. The summed E-state index contributed by atoms with van der Waals surface area (Å²) in [4.78, 5) is 24.6. The highest BCUT2D eigenvalue weighted by molar-refractivity contribution is 6.12. The number of hydrogen-bond donors (Lipinski definition) is 1. The van der Waals surface area contributed by atoms with Crippen molar-refractivity contribution in [3.63, 3.8) is 0 Å². The van der Waals surface area contributed by atoms with Crippen molar-refractivity contribution in [2.75, 3.05) is 0 Å². The quantitative estimate of drug-likeness (QED) is 0.128. The van der Waals surface area contributed by atoms with E-state index in [0.29, 0.717) is 0 Å². The van der Waals surface area contributed by atoms with Crippen molar-refractivity contribution in [3.8, 4) is 0 Å². The maximum Gasteiger partial charge on any atom is 0.351 e. The van der Waals surface area contributed by atoms with Gasteiger partial charge in [0.2, 0.25) is 11.4 Å². The number of hydrogen-bond acceptors (Lipinski definition) is 4. The number of imide groups is 1. The van der Waals surface area contributed by atoms with E-state index in [1.807, 2.05) is 0 Å². The van der Waals surface area contributed by atoms with Gasteiger partial charge in [0.25, 0.3) is 5.91 Å². The van der Waals surface area contributed by atoms with Crippen LogP contribution >= 0.6 is 0 Å². The molecule has 0 aliphatic carbocycles. The summed E-state index contributed by atoms with van der Waals surface area (Å²) in [6, 6.07) is 0. The first kappa shape index (κ1) is 17.5. The van der Waals surface area contributed by atoms with E-state index < -0.39 is 63.0 Å². The Bertz CT molecular complexity index is 809. The van der Waals surface area contributed by atoms with Gasteiger partial charge in [-0.1, -0.05) is 5.11 Å². The zero-order valence-corrected chi connectivity index (χ0v) is 10.7. The summed E-state index contributed by atoms with van der Waals surface area (Å²) in [6.07, 6.45) is 0. The molecule has 1 aromatic rings. The Morgan fingerprint density at radius 2 is 1.33 bits per heavy atom. The molecule has 1 saturated heterocycles. The fourth-order valence-corrected chi connectivity index (χ4v) is 2.08. The number of hydroxylamine groups is 2. The second-order valence-electron chi connectivity index (χ2n) is 4.34. The highest BCUT2D eigenvalue weighted by Crippen LogP contribution is 2.50. The van der Waals surface area contributed by atoms with Crippen LogP contribution in [0.25, 0.3) is 10.4 Å². The third-order valence-corrected chi connectivity index (χ3v) is 3.18. The number of carbonyl (C=O) groups is 2. The van der Waals surface area contributed by atoms with Crippen LogP contribution < -0.4 is 0 Å². The molecule has 0 radical (unpaired) electrons. The third kappa shape index (κ3) is 1.74. The van der Waals surface area contributed by atoms with Gasteiger partial charge in [0, 0.05) is 4.91 Å². The van der Waals surface area contributed by atoms with Crippen molar-refractivity contribution in [3.05, 3.63) is 45.1 Å². The van der Waals surface area contributed by atoms with Crippen molar-refractivity contribution >= 4 is 11.8 Å². The average molecular weight is 358 g/mol. The van der Waals surface area contributed by atoms with Crippen LogP contribution in [0.3, 0.4) is 0 Å². The van der Waals surface area contributed by atoms with E-state index in [-0.39, 0.29) is 0 Å². The Morgan fingerprint density at radius 1 is 0.917 bits per heavy atom. The molecular weight excluding hydrogens is 357 g/mol. The van der Waals surface area contributed by atoms with Gasteiger partial charge in [-0.3, -0.25) is 14.8 Å². The van der Waals surface area contributed by atoms with Gasteiger partial charge in [0.15, 0.2) is 23.3 Å². The van der Waals surface area contributed by atoms with Crippen LogP contribution in [-0.2, 0) is 15.1 Å². The molecule has 1 aliphatic rings. The van der Waals surface area contributed by atoms with Crippen LogP contribution in [0.1, 0.15) is 5.56 Å². The summed E-state index contributed by atoms with van der Waals surface area (Å²) in [5.74, 6) is -24.8. The molecule has 0 saturated carbocycles. The third-order valence-electron chi connectivity index (χ3n) is 3.18. The first-order chi connectivity index (χ1) is 11.0. The lowest BCUT2D eigenvalue weighted by atomic mass is 9.84. The lowest BCUT2D eigenvalue weighted by Crippen LogP contribution is -2.48. The van der Waals surface area contributed by atoms with Crippen molar-refractivity contribution in [2.24, 2.45) is 5.11 Å². The summed E-state index contributed by atoms with van der Waals surface area (Å²) < 4.78 is 95.1. The van der Waals surface area contributed by atoms with E-state index in [4.69, 9.17) is 10.7 Å². The van der Waals surface area contributed by atoms with Crippen LogP contribution in [0.5, 0.6) is 0 Å². The molecule has 1 unspecified atom stereocenters. The van der Waals surface area contributed by atoms with Gasteiger partial charge in [-0.15, -0.1) is 5.06 Å². The Hall–Kier alpha value is -2.86. The van der Waals surface area contributed by atoms with E-state index in [9.17, 15) is 40.3 Å². The Balaban J connectivity index is 3.08. The van der Waals surface area contributed by atoms with Gasteiger partial charge in [-0.05, 0) is 5.53 Å². The number of rotatable bonds is 2. The molecule has 128 valence electrons. The van der Waals surface area contributed by atoms with Crippen LogP contribution in [-0.4, -0.2) is 28.0 Å². The molecule has 1 atom stereocenters. The van der Waals surface area contributed by atoms with Gasteiger partial charge in [0.1, 0.15) is 0 Å². The van der Waals surface area contributed by atoms with Crippen molar-refractivity contribution in [2.45, 2.75) is 11.5 Å². The Kier molecular flexibility index (Phi) is 3.70. The van der Waals surface area contributed by atoms with Gasteiger partial charge >= 0.3 is 11.8 Å². The highest BCUT2D eigenvalue weighted by atomic mass is 19.3. The molecule has 1 heterocycles. The minimum absolute atomic E-state index is 1.34. The van der Waals surface area contributed by atoms with E-state index >= 15 is 0 Å². The molecule has 0 aromatic heterocycles. The lowest BCUT2D eigenvalue weighted by molar-refractivity contribution is -0.179. The number of alkyl halides is 2. The second kappa shape index (κ2) is 5.07. The largest absolute Gasteiger partial charge is 0.351 e. The van der Waals surface area contributed by atoms with Crippen molar-refractivity contribution < 1.29 is 45.5 Å². The number of benzene rings is 1. The standard InChI is InChI=1S/C10HF7N4O3/c11-2-1(3(12)5(14)6(15)4(2)13)9(19-20-18)7(22)21(24)8(23)10(9,16)17/h24H. The molecule has 0 bridgehead atoms. The number of halogens is 7. The summed E-state index contributed by atoms with van der Waals surface area (Å²) in [7, 11) is 0. The monoisotopic (exact) mass is 358 g/mol. The molecule has 1 fully saturated rings. The molecule has 24 heavy (non-hydrogen) atoms. The smallest absolute Gasteiger partial charge is 0.278 e. The van der Waals surface area contributed by atoms with Crippen LogP contribution in [0.2, 0.25) is 0 Å². The van der Waals surface area contributed by atoms with E-state index in [1.165, 1.54) is 0 Å². The molecule has 14 heteroatoms. The molecule has 0 spiro atoms. The summed E-state index contributed by atoms with van der Waals surface area (Å²) in [5, 5.41) is 9.74. The fourth-order valence-electron chi connectivity index (χ4n) is 2.08. The fraction of sp³-hybridized carbons (Fsp3) is 0.200. The maximum absolute atomic E-state index is 14.0. The van der Waals surface area contributed by atoms with E-state index in [2.05, 4.69) is 5.11 Å². The average Bonchev–Trinajstić information content (AvgIpc) is 2.65. The predicted molar refractivity (Wildman–Crippen MR) is 55.6 cm³/mol. The molecule has 1 N–H and O–H groups in total. The molecular formula is C10HF7N4O3. The van der Waals surface area contributed by atoms with Gasteiger partial charge < -0.3 is 0 Å². The molecule has 7 nitrogen and oxygen atoms in total. The number of azide groups is 1. The minimum atomic E-state index is -5.34. The zero-order chi connectivity index (χ0) is 18.6. The lowest BCUT2D eigenvalue weighted by Gasteiger charge is -2.26. The minimum Gasteiger partial charge on any atom is -0.278 e. The highest BCUT2D eigenvalue weighted by Gasteiger charge is 2.76. The number of nitrogens with zero attached hydrogens (tertiary/aromatic N) is 4. The van der Waals surface area contributed by atoms with Gasteiger partial charge in [0.05, 0.1) is 5.56 Å². The van der Waals surface area contributed by atoms with Gasteiger partial charge in [-0.25, -0.2) is 22.0 Å². The van der Waals surface area contributed by atoms with Crippen molar-refractivity contribution in [1.29, 1.82) is 0 Å². The molecule has 2 rings (SSSR count). The summed E-state index contributed by atoms with van der Waals surface area (Å²) in [5.41, 5.74) is 1.19. The predicted octanol–water partition coefficient (Wildman–Crippen LogP) is 2.28. The summed E-state index contributed by atoms with van der Waals surface area (Å²) >= 11 is 0. The maximum atomic E-state index is 14.0. The van der Waals surface area contributed by atoms with E-state index in [0.717, 1.165) is 0 Å². The first-order valence-corrected chi connectivity index (χ1v) is 5.50.